The molecule has 0 bridgehead atoms. The largest absolute Gasteiger partial charge is 0.379 e. The van der Waals surface area contributed by atoms with Crippen LogP contribution in [0.5, 0.6) is 0 Å². The molecule has 0 unspecified atom stereocenters. The van der Waals surface area contributed by atoms with Crippen molar-refractivity contribution in [3.63, 3.8) is 0 Å². The second-order valence-electron chi connectivity index (χ2n) is 6.87. The monoisotopic (exact) mass is 400 g/mol. The van der Waals surface area contributed by atoms with Crippen molar-refractivity contribution in [2.75, 3.05) is 52.7 Å². The van der Waals surface area contributed by atoms with E-state index in [0.717, 1.165) is 52.2 Å². The number of ether oxygens (including phenoxy) is 3. The molecule has 0 fully saturated rings. The molecule has 2 N–H and O–H groups in total. The highest BCUT2D eigenvalue weighted by Crippen LogP contribution is 1.98. The molecule has 5 heteroatoms. The Morgan fingerprint density at radius 3 is 1.28 bits per heavy atom. The Kier molecular flexibility index (Phi) is 13.9. The summed E-state index contributed by atoms with van der Waals surface area (Å²) in [7, 11) is 0. The lowest BCUT2D eigenvalue weighted by molar-refractivity contribution is 0.0138. The zero-order chi connectivity index (χ0) is 20.2. The van der Waals surface area contributed by atoms with Crippen molar-refractivity contribution in [2.24, 2.45) is 0 Å². The van der Waals surface area contributed by atoms with Crippen molar-refractivity contribution in [2.45, 2.75) is 25.9 Å². The van der Waals surface area contributed by atoms with E-state index in [1.165, 1.54) is 11.1 Å². The normalized spacial score (nSPS) is 11.0. The fraction of sp³-hybridized carbons (Fsp3) is 0.500. The van der Waals surface area contributed by atoms with Crippen molar-refractivity contribution in [1.82, 2.24) is 10.6 Å². The number of benzene rings is 2. The summed E-state index contributed by atoms with van der Waals surface area (Å²) in [5.41, 5.74) is 2.62. The molecule has 0 saturated heterocycles. The van der Waals surface area contributed by atoms with Gasteiger partial charge in [-0.1, -0.05) is 60.7 Å². The molecule has 0 heterocycles. The first-order valence-electron chi connectivity index (χ1n) is 10.7. The third kappa shape index (κ3) is 13.2. The molecular formula is C24H36N2O3. The third-order valence-corrected chi connectivity index (χ3v) is 4.37. The zero-order valence-electron chi connectivity index (χ0n) is 17.5. The Bertz CT molecular complexity index is 542. The van der Waals surface area contributed by atoms with Gasteiger partial charge >= 0.3 is 0 Å². The van der Waals surface area contributed by atoms with Crippen molar-refractivity contribution >= 4 is 0 Å². The van der Waals surface area contributed by atoms with Crippen LogP contribution in [0.3, 0.4) is 0 Å². The lowest BCUT2D eigenvalue weighted by Crippen LogP contribution is -2.17. The molecular weight excluding hydrogens is 364 g/mol. The SMILES string of the molecule is c1ccc(CNCCCOCCOCCOCCCNCc2ccccc2)cc1. The van der Waals surface area contributed by atoms with Gasteiger partial charge in [0.15, 0.2) is 0 Å². The number of rotatable bonds is 18. The summed E-state index contributed by atoms with van der Waals surface area (Å²) < 4.78 is 16.7. The van der Waals surface area contributed by atoms with Gasteiger partial charge < -0.3 is 24.8 Å². The summed E-state index contributed by atoms with van der Waals surface area (Å²) in [6.07, 6.45) is 2.02. The molecule has 2 aromatic carbocycles. The fourth-order valence-corrected chi connectivity index (χ4v) is 2.80. The van der Waals surface area contributed by atoms with E-state index in [-0.39, 0.29) is 0 Å². The van der Waals surface area contributed by atoms with Crippen LogP contribution in [0.2, 0.25) is 0 Å². The minimum Gasteiger partial charge on any atom is -0.379 e. The average Bonchev–Trinajstić information content (AvgIpc) is 2.77. The van der Waals surface area contributed by atoms with Crippen LogP contribution in [-0.4, -0.2) is 52.7 Å². The molecule has 0 radical (unpaired) electrons. The molecule has 0 aliphatic heterocycles. The first-order valence-corrected chi connectivity index (χ1v) is 10.7. The zero-order valence-corrected chi connectivity index (χ0v) is 17.5. The summed E-state index contributed by atoms with van der Waals surface area (Å²) >= 11 is 0. The summed E-state index contributed by atoms with van der Waals surface area (Å²) in [5.74, 6) is 0. The van der Waals surface area contributed by atoms with Crippen LogP contribution in [0.4, 0.5) is 0 Å². The quantitative estimate of drug-likeness (QED) is 0.376. The highest BCUT2D eigenvalue weighted by molar-refractivity contribution is 5.14. The predicted octanol–water partition coefficient (Wildman–Crippen LogP) is 3.40. The van der Waals surface area contributed by atoms with Gasteiger partial charge in [0.2, 0.25) is 0 Å². The minimum absolute atomic E-state index is 0.624. The van der Waals surface area contributed by atoms with Gasteiger partial charge in [-0.15, -0.1) is 0 Å². The molecule has 0 aromatic heterocycles. The molecule has 2 aromatic rings. The summed E-state index contributed by atoms with van der Waals surface area (Å²) in [4.78, 5) is 0. The van der Waals surface area contributed by atoms with Crippen LogP contribution in [0.25, 0.3) is 0 Å². The van der Waals surface area contributed by atoms with E-state index < -0.39 is 0 Å². The molecule has 160 valence electrons. The van der Waals surface area contributed by atoms with Crippen LogP contribution < -0.4 is 10.6 Å². The van der Waals surface area contributed by atoms with E-state index in [0.29, 0.717) is 26.4 Å². The van der Waals surface area contributed by atoms with Crippen molar-refractivity contribution in [3.8, 4) is 0 Å². The Morgan fingerprint density at radius 2 is 0.862 bits per heavy atom. The molecule has 0 atom stereocenters. The molecule has 29 heavy (non-hydrogen) atoms. The highest BCUT2D eigenvalue weighted by Gasteiger charge is 1.95. The topological polar surface area (TPSA) is 51.8 Å². The maximum Gasteiger partial charge on any atom is 0.0701 e. The summed E-state index contributed by atoms with van der Waals surface area (Å²) in [5, 5.41) is 6.84. The molecule has 5 nitrogen and oxygen atoms in total. The average molecular weight is 401 g/mol. The van der Waals surface area contributed by atoms with E-state index in [1.54, 1.807) is 0 Å². The smallest absolute Gasteiger partial charge is 0.0701 e. The van der Waals surface area contributed by atoms with Crippen molar-refractivity contribution < 1.29 is 14.2 Å². The van der Waals surface area contributed by atoms with Gasteiger partial charge in [0.1, 0.15) is 0 Å². The van der Waals surface area contributed by atoms with Gasteiger partial charge in [0.05, 0.1) is 26.4 Å². The van der Waals surface area contributed by atoms with Crippen molar-refractivity contribution in [1.29, 1.82) is 0 Å². The Hall–Kier alpha value is -1.76. The molecule has 0 spiro atoms. The maximum absolute atomic E-state index is 5.58. The third-order valence-electron chi connectivity index (χ3n) is 4.37. The second-order valence-corrected chi connectivity index (χ2v) is 6.87. The van der Waals surface area contributed by atoms with Crippen LogP contribution >= 0.6 is 0 Å². The summed E-state index contributed by atoms with van der Waals surface area (Å²) in [6, 6.07) is 20.9. The number of hydrogen-bond acceptors (Lipinski definition) is 5. The van der Waals surface area contributed by atoms with Gasteiger partial charge in [-0.25, -0.2) is 0 Å². The first-order chi connectivity index (χ1) is 14.4. The molecule has 0 aliphatic carbocycles. The Balaban J connectivity index is 1.24. The number of hydrogen-bond donors (Lipinski definition) is 2. The van der Waals surface area contributed by atoms with E-state index in [2.05, 4.69) is 59.2 Å². The Labute approximate surface area is 175 Å². The van der Waals surface area contributed by atoms with E-state index in [1.807, 2.05) is 12.1 Å². The maximum atomic E-state index is 5.58. The predicted molar refractivity (Wildman–Crippen MR) is 118 cm³/mol. The molecule has 0 amide bonds. The fourth-order valence-electron chi connectivity index (χ4n) is 2.80. The van der Waals surface area contributed by atoms with Crippen LogP contribution in [0.15, 0.2) is 60.7 Å². The Morgan fingerprint density at radius 1 is 0.483 bits per heavy atom. The van der Waals surface area contributed by atoms with Gasteiger partial charge in [0, 0.05) is 26.3 Å². The number of nitrogens with one attached hydrogen (secondary N) is 2. The van der Waals surface area contributed by atoms with Gasteiger partial charge in [0.25, 0.3) is 0 Å². The van der Waals surface area contributed by atoms with Crippen LogP contribution in [0, 0.1) is 0 Å². The summed E-state index contributed by atoms with van der Waals surface area (Å²) in [6.45, 7) is 7.80. The molecule has 0 saturated carbocycles. The van der Waals surface area contributed by atoms with E-state index >= 15 is 0 Å². The first kappa shape index (κ1) is 23.5. The van der Waals surface area contributed by atoms with Crippen molar-refractivity contribution in [3.05, 3.63) is 71.8 Å². The highest BCUT2D eigenvalue weighted by atomic mass is 16.5. The van der Waals surface area contributed by atoms with Gasteiger partial charge in [-0.05, 0) is 37.1 Å². The second kappa shape index (κ2) is 17.1. The lowest BCUT2D eigenvalue weighted by atomic mass is 10.2. The van der Waals surface area contributed by atoms with E-state index in [4.69, 9.17) is 14.2 Å². The lowest BCUT2D eigenvalue weighted by Gasteiger charge is -2.08. The molecule has 2 rings (SSSR count). The van der Waals surface area contributed by atoms with Crippen LogP contribution in [-0.2, 0) is 27.3 Å². The van der Waals surface area contributed by atoms with Crippen LogP contribution in [0.1, 0.15) is 24.0 Å². The van der Waals surface area contributed by atoms with Gasteiger partial charge in [-0.2, -0.15) is 0 Å². The molecule has 0 aliphatic rings. The standard InChI is InChI=1S/C24H36N2O3/c1-3-9-23(10-4-1)21-25-13-7-15-27-17-19-29-20-18-28-16-8-14-26-22-24-11-5-2-6-12-24/h1-6,9-12,25-26H,7-8,13-22H2. The minimum atomic E-state index is 0.624. The van der Waals surface area contributed by atoms with Gasteiger partial charge in [-0.3, -0.25) is 0 Å². The van der Waals surface area contributed by atoms with E-state index in [9.17, 15) is 0 Å².